The van der Waals surface area contributed by atoms with Crippen LogP contribution in [0.4, 0.5) is 0 Å². The summed E-state index contributed by atoms with van der Waals surface area (Å²) in [5.74, 6) is 0.0118. The summed E-state index contributed by atoms with van der Waals surface area (Å²) in [7, 11) is 0. The minimum Gasteiger partial charge on any atom is -0.391 e. The van der Waals surface area contributed by atoms with E-state index in [0.29, 0.717) is 19.0 Å². The molecule has 0 radical (unpaired) electrons. The third-order valence-electron chi connectivity index (χ3n) is 3.67. The summed E-state index contributed by atoms with van der Waals surface area (Å²) in [6.45, 7) is 8.38. The first-order chi connectivity index (χ1) is 6.79. The van der Waals surface area contributed by atoms with Crippen molar-refractivity contribution < 1.29 is 15.0 Å². The molecule has 1 amide bonds. The van der Waals surface area contributed by atoms with E-state index in [1.807, 2.05) is 20.8 Å². The van der Waals surface area contributed by atoms with Crippen molar-refractivity contribution in [2.75, 3.05) is 13.1 Å². The van der Waals surface area contributed by atoms with Crippen LogP contribution in [0.15, 0.2) is 0 Å². The van der Waals surface area contributed by atoms with Crippen LogP contribution < -0.4 is 0 Å². The molecule has 0 spiro atoms. The van der Waals surface area contributed by atoms with E-state index in [2.05, 4.69) is 0 Å². The molecule has 1 heterocycles. The van der Waals surface area contributed by atoms with E-state index in [1.54, 1.807) is 4.90 Å². The number of carbonyl (C=O) groups excluding carboxylic acids is 1. The Morgan fingerprint density at radius 1 is 1.47 bits per heavy atom. The zero-order valence-corrected chi connectivity index (χ0v) is 9.90. The standard InChI is InChI=1S/C11H21NO3/c1-7(2)11(4)6-12(5-9(11)14)10(15)8(3)13/h7-9,13-14H,5-6H2,1-4H3/t8-,9?,11?/m0/s1. The molecule has 1 rings (SSSR count). The molecule has 1 saturated heterocycles. The highest BCUT2D eigenvalue weighted by atomic mass is 16.3. The Balaban J connectivity index is 2.76. The predicted molar refractivity (Wildman–Crippen MR) is 57.2 cm³/mol. The lowest BCUT2D eigenvalue weighted by Crippen LogP contribution is -2.38. The van der Waals surface area contributed by atoms with Crippen molar-refractivity contribution >= 4 is 5.91 Å². The van der Waals surface area contributed by atoms with Crippen molar-refractivity contribution in [2.24, 2.45) is 11.3 Å². The maximum absolute atomic E-state index is 11.6. The molecule has 3 atom stereocenters. The molecule has 4 heteroatoms. The van der Waals surface area contributed by atoms with Crippen molar-refractivity contribution in [2.45, 2.75) is 39.9 Å². The van der Waals surface area contributed by atoms with Crippen LogP contribution in [-0.4, -0.2) is 46.3 Å². The van der Waals surface area contributed by atoms with Crippen LogP contribution in [0.3, 0.4) is 0 Å². The lowest BCUT2D eigenvalue weighted by atomic mass is 9.76. The van der Waals surface area contributed by atoms with Gasteiger partial charge in [0.2, 0.25) is 0 Å². The van der Waals surface area contributed by atoms with Crippen molar-refractivity contribution in [3.63, 3.8) is 0 Å². The molecular formula is C11H21NO3. The Kier molecular flexibility index (Phi) is 3.41. The average Bonchev–Trinajstić information content (AvgIpc) is 2.43. The minimum absolute atomic E-state index is 0.259. The molecule has 0 aromatic rings. The SMILES string of the molecule is CC(C)C1(C)CN(C(=O)[C@H](C)O)CC1O. The second-order valence-electron chi connectivity index (χ2n) is 5.07. The normalized spacial score (nSPS) is 33.5. The maximum atomic E-state index is 11.6. The van der Waals surface area contributed by atoms with Crippen LogP contribution in [-0.2, 0) is 4.79 Å². The van der Waals surface area contributed by atoms with E-state index in [1.165, 1.54) is 6.92 Å². The molecule has 1 aliphatic heterocycles. The lowest BCUT2D eigenvalue weighted by Gasteiger charge is -2.31. The second kappa shape index (κ2) is 4.10. The molecule has 1 fully saturated rings. The van der Waals surface area contributed by atoms with E-state index in [4.69, 9.17) is 0 Å². The fourth-order valence-electron chi connectivity index (χ4n) is 2.00. The molecule has 2 unspecified atom stereocenters. The number of likely N-dealkylation sites (tertiary alicyclic amines) is 1. The number of hydrogen-bond donors (Lipinski definition) is 2. The van der Waals surface area contributed by atoms with Gasteiger partial charge < -0.3 is 15.1 Å². The van der Waals surface area contributed by atoms with Gasteiger partial charge in [0.15, 0.2) is 0 Å². The number of carbonyl (C=O) groups is 1. The number of rotatable bonds is 2. The Morgan fingerprint density at radius 2 is 2.00 bits per heavy atom. The summed E-state index contributed by atoms with van der Waals surface area (Å²) in [6.07, 6.45) is -1.48. The third-order valence-corrected chi connectivity index (χ3v) is 3.67. The van der Waals surface area contributed by atoms with E-state index < -0.39 is 12.2 Å². The van der Waals surface area contributed by atoms with Gasteiger partial charge in [-0.3, -0.25) is 4.79 Å². The maximum Gasteiger partial charge on any atom is 0.251 e. The van der Waals surface area contributed by atoms with Gasteiger partial charge in [-0.05, 0) is 12.8 Å². The summed E-state index contributed by atoms with van der Waals surface area (Å²) in [6, 6.07) is 0. The van der Waals surface area contributed by atoms with E-state index in [9.17, 15) is 15.0 Å². The van der Waals surface area contributed by atoms with Crippen molar-refractivity contribution in [3.8, 4) is 0 Å². The quantitative estimate of drug-likeness (QED) is 0.693. The number of hydrogen-bond acceptors (Lipinski definition) is 3. The van der Waals surface area contributed by atoms with E-state index in [0.717, 1.165) is 0 Å². The van der Waals surface area contributed by atoms with Crippen LogP contribution >= 0.6 is 0 Å². The van der Waals surface area contributed by atoms with Gasteiger partial charge in [-0.2, -0.15) is 0 Å². The first-order valence-corrected chi connectivity index (χ1v) is 5.44. The van der Waals surface area contributed by atoms with Crippen molar-refractivity contribution in [3.05, 3.63) is 0 Å². The highest BCUT2D eigenvalue weighted by Crippen LogP contribution is 2.37. The number of amides is 1. The van der Waals surface area contributed by atoms with Gasteiger partial charge in [-0.15, -0.1) is 0 Å². The predicted octanol–water partition coefficient (Wildman–Crippen LogP) is 0.233. The Hall–Kier alpha value is -0.610. The minimum atomic E-state index is -0.980. The second-order valence-corrected chi connectivity index (χ2v) is 5.07. The third kappa shape index (κ3) is 2.16. The van der Waals surface area contributed by atoms with Gasteiger partial charge in [-0.25, -0.2) is 0 Å². The van der Waals surface area contributed by atoms with Crippen LogP contribution in [0.25, 0.3) is 0 Å². The van der Waals surface area contributed by atoms with Crippen LogP contribution in [0, 0.1) is 11.3 Å². The summed E-state index contributed by atoms with van der Waals surface area (Å²) in [5.41, 5.74) is -0.259. The monoisotopic (exact) mass is 215 g/mol. The molecule has 0 aromatic carbocycles. The van der Waals surface area contributed by atoms with Crippen LogP contribution in [0.1, 0.15) is 27.7 Å². The van der Waals surface area contributed by atoms with Gasteiger partial charge in [0.25, 0.3) is 5.91 Å². The van der Waals surface area contributed by atoms with Gasteiger partial charge in [0, 0.05) is 18.5 Å². The lowest BCUT2D eigenvalue weighted by molar-refractivity contribution is -0.138. The van der Waals surface area contributed by atoms with Gasteiger partial charge in [0.1, 0.15) is 6.10 Å². The zero-order chi connectivity index (χ0) is 11.8. The number of aliphatic hydroxyl groups is 2. The summed E-state index contributed by atoms with van der Waals surface area (Å²) < 4.78 is 0. The first-order valence-electron chi connectivity index (χ1n) is 5.44. The molecule has 0 aliphatic carbocycles. The highest BCUT2D eigenvalue weighted by molar-refractivity contribution is 5.80. The van der Waals surface area contributed by atoms with Crippen molar-refractivity contribution in [1.29, 1.82) is 0 Å². The Morgan fingerprint density at radius 3 is 2.33 bits per heavy atom. The topological polar surface area (TPSA) is 60.8 Å². The number of β-amino-alcohol motifs (C(OH)–C–C–N with tert-alkyl or cyclic N) is 1. The highest BCUT2D eigenvalue weighted by Gasteiger charge is 2.46. The summed E-state index contributed by atoms with van der Waals surface area (Å²) in [4.78, 5) is 13.1. The molecule has 88 valence electrons. The molecule has 0 bridgehead atoms. The largest absolute Gasteiger partial charge is 0.391 e. The number of nitrogens with zero attached hydrogens (tertiary/aromatic N) is 1. The smallest absolute Gasteiger partial charge is 0.251 e. The molecule has 4 nitrogen and oxygen atoms in total. The molecule has 15 heavy (non-hydrogen) atoms. The molecular weight excluding hydrogens is 194 g/mol. The van der Waals surface area contributed by atoms with Gasteiger partial charge in [-0.1, -0.05) is 20.8 Å². The van der Waals surface area contributed by atoms with Gasteiger partial charge >= 0.3 is 0 Å². The first kappa shape index (κ1) is 12.5. The summed E-state index contributed by atoms with van der Waals surface area (Å²) in [5, 5.41) is 19.1. The fourth-order valence-corrected chi connectivity index (χ4v) is 2.00. The van der Waals surface area contributed by atoms with Gasteiger partial charge in [0.05, 0.1) is 6.10 Å². The van der Waals surface area contributed by atoms with E-state index in [-0.39, 0.29) is 11.3 Å². The molecule has 0 saturated carbocycles. The van der Waals surface area contributed by atoms with E-state index >= 15 is 0 Å². The molecule has 1 aliphatic rings. The Labute approximate surface area is 90.9 Å². The zero-order valence-electron chi connectivity index (χ0n) is 9.90. The van der Waals surface area contributed by atoms with Crippen LogP contribution in [0.5, 0.6) is 0 Å². The van der Waals surface area contributed by atoms with Crippen LogP contribution in [0.2, 0.25) is 0 Å². The average molecular weight is 215 g/mol. The number of aliphatic hydroxyl groups excluding tert-OH is 2. The fraction of sp³-hybridized carbons (Fsp3) is 0.909. The molecule has 2 N–H and O–H groups in total. The summed E-state index contributed by atoms with van der Waals surface area (Å²) >= 11 is 0. The Bertz CT molecular complexity index is 252. The van der Waals surface area contributed by atoms with Crippen molar-refractivity contribution in [1.82, 2.24) is 4.90 Å². The molecule has 0 aromatic heterocycles.